The second-order valence-corrected chi connectivity index (χ2v) is 12.8. The van der Waals surface area contributed by atoms with Gasteiger partial charge in [-0.3, -0.25) is 0 Å². The lowest BCUT2D eigenvalue weighted by Crippen LogP contribution is -1.92. The van der Waals surface area contributed by atoms with Gasteiger partial charge in [-0.05, 0) is 41.5 Å². The van der Waals surface area contributed by atoms with Crippen LogP contribution in [0, 0.1) is 0 Å². The average molecular weight is 599 g/mol. The van der Waals surface area contributed by atoms with Gasteiger partial charge >= 0.3 is 0 Å². The van der Waals surface area contributed by atoms with Crippen molar-refractivity contribution in [2.24, 2.45) is 0 Å². The van der Waals surface area contributed by atoms with Gasteiger partial charge in [0.25, 0.3) is 0 Å². The number of hydrogen-bond donors (Lipinski definition) is 0. The molecule has 6 heteroatoms. The number of nitrogens with zero attached hydrogens (tertiary/aromatic N) is 4. The third-order valence-electron chi connectivity index (χ3n) is 8.12. The molecule has 4 aromatic heterocycles. The first-order valence-corrected chi connectivity index (χ1v) is 16.0. The summed E-state index contributed by atoms with van der Waals surface area (Å²) in [6.45, 7) is 0. The number of hydrogen-bond acceptors (Lipinski definition) is 6. The van der Waals surface area contributed by atoms with Crippen molar-refractivity contribution in [3.8, 4) is 45.0 Å². The summed E-state index contributed by atoms with van der Waals surface area (Å²) in [4.78, 5) is 19.2. The molecule has 4 nitrogen and oxygen atoms in total. The Bertz CT molecular complexity index is 2320. The molecule has 206 valence electrons. The molecule has 9 rings (SSSR count). The Kier molecular flexibility index (Phi) is 5.82. The molecule has 0 aliphatic heterocycles. The first-order valence-electron chi connectivity index (χ1n) is 14.4. The lowest BCUT2D eigenvalue weighted by molar-refractivity contribution is 1.18. The Balaban J connectivity index is 1.03. The first kappa shape index (κ1) is 25.2. The predicted molar refractivity (Wildman–Crippen MR) is 185 cm³/mol. The molecule has 0 fully saturated rings. The van der Waals surface area contributed by atoms with E-state index in [2.05, 4.69) is 109 Å². The summed E-state index contributed by atoms with van der Waals surface area (Å²) < 4.78 is 4.99. The minimum atomic E-state index is 0.736. The summed E-state index contributed by atoms with van der Waals surface area (Å²) in [7, 11) is 0. The zero-order valence-corrected chi connectivity index (χ0v) is 24.9. The summed E-state index contributed by atoms with van der Waals surface area (Å²) in [6.07, 6.45) is 7.66. The summed E-state index contributed by atoms with van der Waals surface area (Å²) in [6, 6.07) is 38.2. The van der Waals surface area contributed by atoms with Gasteiger partial charge < -0.3 is 0 Å². The highest BCUT2D eigenvalue weighted by molar-refractivity contribution is 7.26. The van der Waals surface area contributed by atoms with E-state index in [0.29, 0.717) is 0 Å². The Morgan fingerprint density at radius 1 is 0.364 bits per heavy atom. The Morgan fingerprint density at radius 2 is 0.773 bits per heavy atom. The number of thiophene rings is 2. The molecule has 4 heterocycles. The zero-order valence-electron chi connectivity index (χ0n) is 23.3. The SMILES string of the molecule is c1cc(-c2cnc(-c3cccc4c3sc3ccccc34)nc2)cc(-c2cnc(-c3cccc4c3sc3ccccc34)nc2)c1. The maximum Gasteiger partial charge on any atom is 0.160 e. The smallest absolute Gasteiger partial charge is 0.160 e. The van der Waals surface area contributed by atoms with Crippen LogP contribution in [0.25, 0.3) is 85.4 Å². The van der Waals surface area contributed by atoms with Gasteiger partial charge in [-0.15, -0.1) is 22.7 Å². The van der Waals surface area contributed by atoms with Gasteiger partial charge in [-0.1, -0.05) is 78.9 Å². The van der Waals surface area contributed by atoms with Gasteiger partial charge in [-0.25, -0.2) is 19.9 Å². The molecule has 0 saturated heterocycles. The molecule has 0 aliphatic carbocycles. The van der Waals surface area contributed by atoms with Crippen molar-refractivity contribution in [2.45, 2.75) is 0 Å². The highest BCUT2D eigenvalue weighted by atomic mass is 32.1. The maximum absolute atomic E-state index is 4.81. The van der Waals surface area contributed by atoms with Crippen molar-refractivity contribution < 1.29 is 0 Å². The molecule has 5 aromatic carbocycles. The van der Waals surface area contributed by atoms with E-state index in [-0.39, 0.29) is 0 Å². The largest absolute Gasteiger partial charge is 0.236 e. The van der Waals surface area contributed by atoms with Crippen LogP contribution in [0.1, 0.15) is 0 Å². The van der Waals surface area contributed by atoms with Crippen LogP contribution in [0.3, 0.4) is 0 Å². The minimum absolute atomic E-state index is 0.736. The van der Waals surface area contributed by atoms with Crippen LogP contribution in [0.5, 0.6) is 0 Å². The van der Waals surface area contributed by atoms with Crippen LogP contribution < -0.4 is 0 Å². The summed E-state index contributed by atoms with van der Waals surface area (Å²) >= 11 is 3.59. The van der Waals surface area contributed by atoms with Gasteiger partial charge in [0.15, 0.2) is 11.6 Å². The fraction of sp³-hybridized carbons (Fsp3) is 0. The lowest BCUT2D eigenvalue weighted by Gasteiger charge is -2.08. The first-order chi connectivity index (χ1) is 21.8. The molecular weight excluding hydrogens is 577 g/mol. The third-order valence-corrected chi connectivity index (χ3v) is 10.6. The molecule has 0 atom stereocenters. The fourth-order valence-corrected chi connectivity index (χ4v) is 8.38. The molecule has 0 radical (unpaired) electrons. The Labute approximate surface area is 261 Å². The van der Waals surface area contributed by atoms with Gasteiger partial charge in [0, 0.05) is 87.4 Å². The van der Waals surface area contributed by atoms with Crippen LogP contribution in [0.4, 0.5) is 0 Å². The van der Waals surface area contributed by atoms with Crippen LogP contribution in [0.15, 0.2) is 134 Å². The van der Waals surface area contributed by atoms with Crippen LogP contribution in [-0.2, 0) is 0 Å². The molecule has 0 N–H and O–H groups in total. The predicted octanol–water partition coefficient (Wildman–Crippen LogP) is 10.7. The van der Waals surface area contributed by atoms with Crippen molar-refractivity contribution in [1.29, 1.82) is 0 Å². The van der Waals surface area contributed by atoms with Gasteiger partial charge in [0.1, 0.15) is 0 Å². The molecule has 0 bridgehead atoms. The summed E-state index contributed by atoms with van der Waals surface area (Å²) in [5, 5.41) is 5.04. The van der Waals surface area contributed by atoms with Crippen LogP contribution in [0.2, 0.25) is 0 Å². The molecule has 0 amide bonds. The van der Waals surface area contributed by atoms with Crippen molar-refractivity contribution in [1.82, 2.24) is 19.9 Å². The number of rotatable bonds is 4. The monoisotopic (exact) mass is 598 g/mol. The van der Waals surface area contributed by atoms with Crippen molar-refractivity contribution >= 4 is 63.0 Å². The van der Waals surface area contributed by atoms with E-state index in [4.69, 9.17) is 19.9 Å². The highest BCUT2D eigenvalue weighted by Gasteiger charge is 2.14. The third kappa shape index (κ3) is 4.11. The summed E-state index contributed by atoms with van der Waals surface area (Å²) in [5.74, 6) is 1.47. The topological polar surface area (TPSA) is 51.6 Å². The van der Waals surface area contributed by atoms with Crippen LogP contribution in [-0.4, -0.2) is 19.9 Å². The molecule has 0 unspecified atom stereocenters. The van der Waals surface area contributed by atoms with Gasteiger partial charge in [0.2, 0.25) is 0 Å². The molecule has 9 aromatic rings. The lowest BCUT2D eigenvalue weighted by atomic mass is 10.0. The van der Waals surface area contributed by atoms with Crippen molar-refractivity contribution in [3.63, 3.8) is 0 Å². The quantitative estimate of drug-likeness (QED) is 0.202. The van der Waals surface area contributed by atoms with E-state index in [1.54, 1.807) is 22.7 Å². The molecule has 0 saturated carbocycles. The van der Waals surface area contributed by atoms with E-state index in [9.17, 15) is 0 Å². The molecule has 0 spiro atoms. The van der Waals surface area contributed by atoms with E-state index in [0.717, 1.165) is 45.0 Å². The number of benzene rings is 5. The number of aromatic nitrogens is 4. The normalized spacial score (nSPS) is 11.6. The maximum atomic E-state index is 4.81. The second-order valence-electron chi connectivity index (χ2n) is 10.7. The minimum Gasteiger partial charge on any atom is -0.236 e. The van der Waals surface area contributed by atoms with E-state index >= 15 is 0 Å². The van der Waals surface area contributed by atoms with E-state index in [1.165, 1.54) is 40.3 Å². The second kappa shape index (κ2) is 10.2. The molecule has 44 heavy (non-hydrogen) atoms. The van der Waals surface area contributed by atoms with Gasteiger partial charge in [-0.2, -0.15) is 0 Å². The number of fused-ring (bicyclic) bond motifs is 6. The van der Waals surface area contributed by atoms with Crippen molar-refractivity contribution in [2.75, 3.05) is 0 Å². The average Bonchev–Trinajstić information content (AvgIpc) is 3.67. The van der Waals surface area contributed by atoms with Crippen molar-refractivity contribution in [3.05, 3.63) is 134 Å². The highest BCUT2D eigenvalue weighted by Crippen LogP contribution is 2.40. The standard InChI is InChI=1S/C38H22N4S2/c1-3-16-33-27(10-1)29-12-6-14-31(35(29)43-33)37-39-19-25(20-40-37)23-8-5-9-24(18-23)26-21-41-38(42-22-26)32-15-7-13-30-28-11-2-4-17-34(28)44-36(30)32/h1-22H. The van der Waals surface area contributed by atoms with Crippen LogP contribution >= 0.6 is 22.7 Å². The summed E-state index contributed by atoms with van der Waals surface area (Å²) in [5.41, 5.74) is 6.16. The van der Waals surface area contributed by atoms with Gasteiger partial charge in [0.05, 0.1) is 0 Å². The zero-order chi connectivity index (χ0) is 29.0. The van der Waals surface area contributed by atoms with E-state index < -0.39 is 0 Å². The Hall–Kier alpha value is -5.30. The van der Waals surface area contributed by atoms with E-state index in [1.807, 2.05) is 24.8 Å². The Morgan fingerprint density at radius 3 is 1.25 bits per heavy atom. The molecular formula is C38H22N4S2. The molecule has 0 aliphatic rings. The fourth-order valence-electron chi connectivity index (χ4n) is 5.96.